The Balaban J connectivity index is 3.94. The van der Waals surface area contributed by atoms with Crippen LogP contribution in [0, 0.1) is 5.41 Å². The van der Waals surface area contributed by atoms with E-state index in [0.29, 0.717) is 17.6 Å². The molecule has 0 fully saturated rings. The molecule has 0 aliphatic rings. The molecule has 1 unspecified atom stereocenters. The van der Waals surface area contributed by atoms with Gasteiger partial charge in [0.1, 0.15) is 19.3 Å². The van der Waals surface area contributed by atoms with Crippen molar-refractivity contribution in [3.8, 4) is 0 Å². The first-order chi connectivity index (χ1) is 9.49. The number of esters is 1. The Kier molecular flexibility index (Phi) is 7.84. The number of ether oxygens (including phenoxy) is 1. The van der Waals surface area contributed by atoms with E-state index in [0.717, 1.165) is 0 Å². The number of nitrogens with one attached hydrogen (secondary N) is 1. The number of hydrogen-bond donors (Lipinski definition) is 3. The van der Waals surface area contributed by atoms with Crippen molar-refractivity contribution in [2.45, 2.75) is 26.4 Å². The normalized spacial score (nSPS) is 13.7. The van der Waals surface area contributed by atoms with Gasteiger partial charge in [0.25, 0.3) is 0 Å². The standard InChI is InChI=1S/C14H28N2O5/c1-14(2,10-17)12(19)13(20)15-7-6-11(18)21-9-8-16(3,4)5/h12,17,19H,6-10H2,1-5H3/p+1. The van der Waals surface area contributed by atoms with Gasteiger partial charge < -0.3 is 24.7 Å². The van der Waals surface area contributed by atoms with E-state index in [4.69, 9.17) is 9.84 Å². The summed E-state index contributed by atoms with van der Waals surface area (Å²) in [5, 5.41) is 21.3. The number of carbonyl (C=O) groups excluding carboxylic acids is 2. The predicted octanol–water partition coefficient (Wildman–Crippen LogP) is -0.878. The van der Waals surface area contributed by atoms with E-state index in [1.54, 1.807) is 13.8 Å². The van der Waals surface area contributed by atoms with Crippen LogP contribution in [0.4, 0.5) is 0 Å². The topological polar surface area (TPSA) is 95.9 Å². The van der Waals surface area contributed by atoms with Crippen molar-refractivity contribution >= 4 is 11.9 Å². The number of aliphatic hydroxyl groups excluding tert-OH is 2. The fourth-order valence-corrected chi connectivity index (χ4v) is 1.33. The van der Waals surface area contributed by atoms with Gasteiger partial charge in [-0.1, -0.05) is 13.8 Å². The van der Waals surface area contributed by atoms with E-state index in [9.17, 15) is 14.7 Å². The minimum absolute atomic E-state index is 0.0508. The van der Waals surface area contributed by atoms with Gasteiger partial charge in [0.2, 0.25) is 5.91 Å². The maximum absolute atomic E-state index is 11.6. The summed E-state index contributed by atoms with van der Waals surface area (Å²) in [5.74, 6) is -0.993. The lowest BCUT2D eigenvalue weighted by molar-refractivity contribution is -0.870. The zero-order chi connectivity index (χ0) is 16.7. The Labute approximate surface area is 126 Å². The lowest BCUT2D eigenvalue weighted by Gasteiger charge is -2.27. The summed E-state index contributed by atoms with van der Waals surface area (Å²) >= 11 is 0. The molecule has 7 heteroatoms. The predicted molar refractivity (Wildman–Crippen MR) is 78.4 cm³/mol. The van der Waals surface area contributed by atoms with Crippen LogP contribution in [0.15, 0.2) is 0 Å². The van der Waals surface area contributed by atoms with Crippen LogP contribution in [-0.2, 0) is 14.3 Å². The molecule has 124 valence electrons. The van der Waals surface area contributed by atoms with Crippen LogP contribution < -0.4 is 5.32 Å². The highest BCUT2D eigenvalue weighted by Crippen LogP contribution is 2.19. The van der Waals surface area contributed by atoms with Gasteiger partial charge in [-0.3, -0.25) is 9.59 Å². The molecule has 0 spiro atoms. The fourth-order valence-electron chi connectivity index (χ4n) is 1.33. The van der Waals surface area contributed by atoms with Crippen molar-refractivity contribution in [3.63, 3.8) is 0 Å². The molecule has 0 radical (unpaired) electrons. The third-order valence-electron chi connectivity index (χ3n) is 3.05. The number of likely N-dealkylation sites (N-methyl/N-ethyl adjacent to an activating group) is 1. The second-order valence-corrected chi connectivity index (χ2v) is 6.82. The van der Waals surface area contributed by atoms with Crippen molar-refractivity contribution in [1.29, 1.82) is 0 Å². The number of aliphatic hydroxyl groups is 2. The van der Waals surface area contributed by atoms with Gasteiger partial charge in [-0.05, 0) is 0 Å². The number of quaternary nitrogens is 1. The molecular formula is C14H29N2O5+. The van der Waals surface area contributed by atoms with Crippen LogP contribution >= 0.6 is 0 Å². The van der Waals surface area contributed by atoms with E-state index in [-0.39, 0.29) is 25.5 Å². The third-order valence-corrected chi connectivity index (χ3v) is 3.05. The summed E-state index contributed by atoms with van der Waals surface area (Å²) in [5.41, 5.74) is -0.921. The summed E-state index contributed by atoms with van der Waals surface area (Å²) in [6, 6.07) is 0. The molecule has 3 N–H and O–H groups in total. The Morgan fingerprint density at radius 2 is 1.86 bits per heavy atom. The van der Waals surface area contributed by atoms with Crippen LogP contribution in [0.3, 0.4) is 0 Å². The van der Waals surface area contributed by atoms with Crippen LogP contribution in [-0.4, -0.2) is 80.1 Å². The Morgan fingerprint density at radius 1 is 1.29 bits per heavy atom. The van der Waals surface area contributed by atoms with E-state index in [1.165, 1.54) is 0 Å². The van der Waals surface area contributed by atoms with E-state index in [2.05, 4.69) is 5.32 Å². The summed E-state index contributed by atoms with van der Waals surface area (Å²) in [4.78, 5) is 23.1. The molecule has 0 saturated carbocycles. The maximum atomic E-state index is 11.6. The van der Waals surface area contributed by atoms with Crippen molar-refractivity contribution in [3.05, 3.63) is 0 Å². The highest BCUT2D eigenvalue weighted by atomic mass is 16.5. The molecule has 0 aromatic rings. The van der Waals surface area contributed by atoms with Gasteiger partial charge in [0, 0.05) is 12.0 Å². The number of rotatable bonds is 9. The number of hydrogen-bond acceptors (Lipinski definition) is 5. The van der Waals surface area contributed by atoms with Gasteiger partial charge in [-0.2, -0.15) is 0 Å². The van der Waals surface area contributed by atoms with Crippen molar-refractivity contribution in [2.24, 2.45) is 5.41 Å². The molecule has 0 aromatic heterocycles. The fraction of sp³-hybridized carbons (Fsp3) is 0.857. The Morgan fingerprint density at radius 3 is 2.33 bits per heavy atom. The second kappa shape index (κ2) is 8.31. The number of nitrogens with zero attached hydrogens (tertiary/aromatic N) is 1. The smallest absolute Gasteiger partial charge is 0.307 e. The van der Waals surface area contributed by atoms with E-state index >= 15 is 0 Å². The van der Waals surface area contributed by atoms with Gasteiger partial charge >= 0.3 is 5.97 Å². The molecule has 0 rings (SSSR count). The molecule has 0 bridgehead atoms. The molecule has 1 amide bonds. The minimum Gasteiger partial charge on any atom is -0.460 e. The van der Waals surface area contributed by atoms with Gasteiger partial charge in [-0.25, -0.2) is 0 Å². The third kappa shape index (κ3) is 8.64. The first-order valence-electron chi connectivity index (χ1n) is 7.02. The van der Waals surface area contributed by atoms with Crippen LogP contribution in [0.25, 0.3) is 0 Å². The molecule has 0 aromatic carbocycles. The monoisotopic (exact) mass is 305 g/mol. The van der Waals surface area contributed by atoms with Crippen molar-refractivity contribution in [1.82, 2.24) is 5.32 Å². The van der Waals surface area contributed by atoms with Crippen LogP contribution in [0.1, 0.15) is 20.3 Å². The summed E-state index contributed by atoms with van der Waals surface area (Å²) in [7, 11) is 6.00. The molecular weight excluding hydrogens is 276 g/mol. The largest absolute Gasteiger partial charge is 0.460 e. The SMILES string of the molecule is CC(C)(CO)C(O)C(=O)NCCC(=O)OCC[N+](C)(C)C. The molecule has 7 nitrogen and oxygen atoms in total. The minimum atomic E-state index is -1.32. The van der Waals surface area contributed by atoms with Gasteiger partial charge in [-0.15, -0.1) is 0 Å². The summed E-state index contributed by atoms with van der Waals surface area (Å²) < 4.78 is 5.74. The maximum Gasteiger partial charge on any atom is 0.307 e. The average Bonchev–Trinajstić information content (AvgIpc) is 2.36. The van der Waals surface area contributed by atoms with Crippen LogP contribution in [0.2, 0.25) is 0 Å². The Hall–Kier alpha value is -1.18. The number of carbonyl (C=O) groups is 2. The lowest BCUT2D eigenvalue weighted by Crippen LogP contribution is -2.46. The van der Waals surface area contributed by atoms with Crippen LogP contribution in [0.5, 0.6) is 0 Å². The van der Waals surface area contributed by atoms with Crippen molar-refractivity contribution in [2.75, 3.05) is 47.4 Å². The van der Waals surface area contributed by atoms with E-state index in [1.807, 2.05) is 21.1 Å². The van der Waals surface area contributed by atoms with Gasteiger partial charge in [0.05, 0.1) is 34.2 Å². The zero-order valence-corrected chi connectivity index (χ0v) is 13.7. The Bertz CT molecular complexity index is 350. The average molecular weight is 305 g/mol. The second-order valence-electron chi connectivity index (χ2n) is 6.82. The summed E-state index contributed by atoms with van der Waals surface area (Å²) in [6.45, 7) is 3.99. The van der Waals surface area contributed by atoms with Gasteiger partial charge in [0.15, 0.2) is 0 Å². The molecule has 21 heavy (non-hydrogen) atoms. The molecule has 0 aliphatic heterocycles. The molecule has 0 aliphatic carbocycles. The van der Waals surface area contributed by atoms with Crippen molar-refractivity contribution < 1.29 is 29.0 Å². The quantitative estimate of drug-likeness (QED) is 0.380. The van der Waals surface area contributed by atoms with E-state index < -0.39 is 17.4 Å². The highest BCUT2D eigenvalue weighted by molar-refractivity contribution is 5.81. The summed E-state index contributed by atoms with van der Waals surface area (Å²) in [6.07, 6.45) is -1.27. The molecule has 1 atom stereocenters. The first-order valence-corrected chi connectivity index (χ1v) is 7.02. The zero-order valence-electron chi connectivity index (χ0n) is 13.7. The molecule has 0 heterocycles. The molecule has 0 saturated heterocycles. The number of amides is 1. The highest BCUT2D eigenvalue weighted by Gasteiger charge is 2.32. The lowest BCUT2D eigenvalue weighted by atomic mass is 9.87. The first kappa shape index (κ1) is 19.8.